The van der Waals surface area contributed by atoms with Crippen molar-refractivity contribution < 1.29 is 9.15 Å². The highest BCUT2D eigenvalue weighted by molar-refractivity contribution is 6.15. The van der Waals surface area contributed by atoms with Gasteiger partial charge in [-0.1, -0.05) is 18.2 Å². The van der Waals surface area contributed by atoms with Gasteiger partial charge in [-0.3, -0.25) is 0 Å². The Morgan fingerprint density at radius 2 is 1.92 bits per heavy atom. The number of nitrogens with one attached hydrogen (secondary N) is 1. The molecule has 0 spiro atoms. The van der Waals surface area contributed by atoms with E-state index in [1.165, 1.54) is 0 Å². The van der Waals surface area contributed by atoms with Crippen LogP contribution in [-0.4, -0.2) is 18.0 Å². The number of nitrogens with zero attached hydrogens (tertiary/aromatic N) is 1. The van der Waals surface area contributed by atoms with Crippen LogP contribution in [0.1, 0.15) is 32.1 Å². The van der Waals surface area contributed by atoms with Gasteiger partial charge in [0, 0.05) is 29.2 Å². The first-order valence-electron chi connectivity index (χ1n) is 8.22. The van der Waals surface area contributed by atoms with Gasteiger partial charge in [0.25, 0.3) is 0 Å². The maximum atomic E-state index is 6.06. The molecule has 0 bridgehead atoms. The number of benzene rings is 2. The summed E-state index contributed by atoms with van der Waals surface area (Å²) < 4.78 is 12.1. The monoisotopic (exact) mass is 320 g/mol. The molecule has 122 valence electrons. The quantitative estimate of drug-likeness (QED) is 0.752. The van der Waals surface area contributed by atoms with Crippen LogP contribution in [-0.2, 0) is 0 Å². The van der Waals surface area contributed by atoms with Gasteiger partial charge in [0.2, 0.25) is 0 Å². The third kappa shape index (κ3) is 2.54. The van der Waals surface area contributed by atoms with Crippen molar-refractivity contribution in [3.05, 3.63) is 59.9 Å². The summed E-state index contributed by atoms with van der Waals surface area (Å²) in [7, 11) is 0. The molecule has 1 aromatic heterocycles. The van der Waals surface area contributed by atoms with Crippen molar-refractivity contribution in [2.24, 2.45) is 4.99 Å². The molecule has 1 aliphatic rings. The minimum absolute atomic E-state index is 0.633. The van der Waals surface area contributed by atoms with Crippen LogP contribution in [0.4, 0.5) is 5.69 Å². The molecule has 24 heavy (non-hydrogen) atoms. The average Bonchev–Trinajstić information content (AvgIpc) is 2.97. The molecule has 0 saturated carbocycles. The zero-order valence-electron chi connectivity index (χ0n) is 14.1. The van der Waals surface area contributed by atoms with Gasteiger partial charge in [-0.15, -0.1) is 0 Å². The van der Waals surface area contributed by atoms with Crippen LogP contribution in [0.3, 0.4) is 0 Å². The van der Waals surface area contributed by atoms with E-state index in [1.54, 1.807) is 0 Å². The molecule has 0 aliphatic carbocycles. The molecule has 4 rings (SSSR count). The van der Waals surface area contributed by atoms with Crippen LogP contribution in [0.25, 0.3) is 11.0 Å². The Morgan fingerprint density at radius 1 is 1.08 bits per heavy atom. The van der Waals surface area contributed by atoms with E-state index in [4.69, 9.17) is 14.1 Å². The SMILES string of the molecule is CCNc1ccc2c(c1)OC(C)(C)N=C2c1cc2ccccc2o1. The molecule has 0 amide bonds. The molecule has 0 unspecified atom stereocenters. The van der Waals surface area contributed by atoms with Gasteiger partial charge < -0.3 is 14.5 Å². The Kier molecular flexibility index (Phi) is 3.34. The van der Waals surface area contributed by atoms with Crippen molar-refractivity contribution in [3.63, 3.8) is 0 Å². The number of rotatable bonds is 3. The summed E-state index contributed by atoms with van der Waals surface area (Å²) in [6, 6.07) is 16.1. The molecule has 0 saturated heterocycles. The number of aliphatic imine (C=N–C) groups is 1. The normalized spacial score (nSPS) is 15.5. The number of anilines is 1. The number of para-hydroxylation sites is 1. The van der Waals surface area contributed by atoms with Crippen LogP contribution in [0.15, 0.2) is 57.9 Å². The van der Waals surface area contributed by atoms with E-state index in [1.807, 2.05) is 62.4 Å². The summed E-state index contributed by atoms with van der Waals surface area (Å²) in [5, 5.41) is 4.39. The van der Waals surface area contributed by atoms with Crippen LogP contribution >= 0.6 is 0 Å². The van der Waals surface area contributed by atoms with Crippen LogP contribution in [0, 0.1) is 0 Å². The number of furan rings is 1. The van der Waals surface area contributed by atoms with Gasteiger partial charge in [-0.2, -0.15) is 0 Å². The maximum Gasteiger partial charge on any atom is 0.195 e. The molecule has 1 aliphatic heterocycles. The maximum absolute atomic E-state index is 6.06. The van der Waals surface area contributed by atoms with Gasteiger partial charge in [-0.05, 0) is 45.0 Å². The Labute approximate surface area is 141 Å². The van der Waals surface area contributed by atoms with E-state index in [2.05, 4.69) is 12.2 Å². The Hall–Kier alpha value is -2.75. The highest BCUT2D eigenvalue weighted by Crippen LogP contribution is 2.35. The fourth-order valence-corrected chi connectivity index (χ4v) is 3.02. The molecular formula is C20H20N2O2. The molecule has 0 fully saturated rings. The zero-order chi connectivity index (χ0) is 16.7. The van der Waals surface area contributed by atoms with E-state index in [9.17, 15) is 0 Å². The second-order valence-corrected chi connectivity index (χ2v) is 6.40. The number of fused-ring (bicyclic) bond motifs is 2. The summed E-state index contributed by atoms with van der Waals surface area (Å²) in [4.78, 5) is 4.78. The molecule has 2 aromatic carbocycles. The van der Waals surface area contributed by atoms with Crippen molar-refractivity contribution in [1.29, 1.82) is 0 Å². The van der Waals surface area contributed by atoms with Crippen LogP contribution < -0.4 is 10.1 Å². The summed E-state index contributed by atoms with van der Waals surface area (Å²) in [6.07, 6.45) is 0. The first-order valence-corrected chi connectivity index (χ1v) is 8.22. The fourth-order valence-electron chi connectivity index (χ4n) is 3.02. The predicted octanol–water partition coefficient (Wildman–Crippen LogP) is 4.83. The number of hydrogen-bond acceptors (Lipinski definition) is 4. The van der Waals surface area contributed by atoms with Gasteiger partial charge in [0.05, 0.1) is 0 Å². The molecule has 3 aromatic rings. The van der Waals surface area contributed by atoms with Crippen molar-refractivity contribution in [2.75, 3.05) is 11.9 Å². The summed E-state index contributed by atoms with van der Waals surface area (Å²) in [5.41, 5.74) is 3.06. The van der Waals surface area contributed by atoms with Crippen LogP contribution in [0.5, 0.6) is 5.75 Å². The summed E-state index contributed by atoms with van der Waals surface area (Å²) in [6.45, 7) is 6.86. The second kappa shape index (κ2) is 5.41. The molecule has 4 nitrogen and oxygen atoms in total. The molecule has 2 heterocycles. The van der Waals surface area contributed by atoms with Gasteiger partial charge in [-0.25, -0.2) is 4.99 Å². The highest BCUT2D eigenvalue weighted by Gasteiger charge is 2.30. The Morgan fingerprint density at radius 3 is 2.71 bits per heavy atom. The van der Waals surface area contributed by atoms with E-state index in [-0.39, 0.29) is 0 Å². The van der Waals surface area contributed by atoms with E-state index in [0.29, 0.717) is 0 Å². The standard InChI is InChI=1S/C20H20N2O2/c1-4-21-14-9-10-15-17(12-14)24-20(2,3)22-19(15)18-11-13-7-5-6-8-16(13)23-18/h5-12,21H,4H2,1-3H3. The lowest BCUT2D eigenvalue weighted by atomic mass is 10.0. The van der Waals surface area contributed by atoms with E-state index < -0.39 is 5.72 Å². The third-order valence-electron chi connectivity index (χ3n) is 4.02. The zero-order valence-corrected chi connectivity index (χ0v) is 14.1. The topological polar surface area (TPSA) is 46.8 Å². The van der Waals surface area contributed by atoms with Crippen LogP contribution in [0.2, 0.25) is 0 Å². The molecule has 0 radical (unpaired) electrons. The first kappa shape index (κ1) is 14.8. The molecule has 4 heteroatoms. The number of hydrogen-bond donors (Lipinski definition) is 1. The lowest BCUT2D eigenvalue weighted by molar-refractivity contribution is 0.115. The third-order valence-corrected chi connectivity index (χ3v) is 4.02. The van der Waals surface area contributed by atoms with Gasteiger partial charge in [0.1, 0.15) is 17.0 Å². The molecule has 1 N–H and O–H groups in total. The van der Waals surface area contributed by atoms with Crippen molar-refractivity contribution in [1.82, 2.24) is 0 Å². The molecule has 0 atom stereocenters. The van der Waals surface area contributed by atoms with Gasteiger partial charge in [0.15, 0.2) is 11.5 Å². The Balaban J connectivity index is 1.86. The molecular weight excluding hydrogens is 300 g/mol. The second-order valence-electron chi connectivity index (χ2n) is 6.40. The lowest BCUT2D eigenvalue weighted by Crippen LogP contribution is -2.32. The highest BCUT2D eigenvalue weighted by atomic mass is 16.5. The lowest BCUT2D eigenvalue weighted by Gasteiger charge is -2.30. The van der Waals surface area contributed by atoms with Crippen molar-refractivity contribution in [2.45, 2.75) is 26.5 Å². The van der Waals surface area contributed by atoms with E-state index >= 15 is 0 Å². The van der Waals surface area contributed by atoms with Crippen molar-refractivity contribution >= 4 is 22.4 Å². The largest absolute Gasteiger partial charge is 0.466 e. The average molecular weight is 320 g/mol. The number of ether oxygens (including phenoxy) is 1. The minimum Gasteiger partial charge on any atom is -0.466 e. The first-order chi connectivity index (χ1) is 11.6. The van der Waals surface area contributed by atoms with Crippen molar-refractivity contribution in [3.8, 4) is 5.75 Å². The minimum atomic E-state index is -0.633. The smallest absolute Gasteiger partial charge is 0.195 e. The fraction of sp³-hybridized carbons (Fsp3) is 0.250. The van der Waals surface area contributed by atoms with Gasteiger partial charge >= 0.3 is 0 Å². The van der Waals surface area contributed by atoms with E-state index in [0.717, 1.165) is 46.0 Å². The predicted molar refractivity (Wildman–Crippen MR) is 97.2 cm³/mol. The Bertz CT molecular complexity index is 905. The summed E-state index contributed by atoms with van der Waals surface area (Å²) in [5.74, 6) is 1.59. The summed E-state index contributed by atoms with van der Waals surface area (Å²) >= 11 is 0.